The van der Waals surface area contributed by atoms with Crippen LogP contribution in [0.15, 0.2) is 73.1 Å². The molecule has 0 spiro atoms. The zero-order valence-electron chi connectivity index (χ0n) is 9.55. The summed E-state index contributed by atoms with van der Waals surface area (Å²) in [7, 11) is 1.58. The van der Waals surface area contributed by atoms with Crippen LogP contribution < -0.4 is 0 Å². The van der Waals surface area contributed by atoms with Crippen LogP contribution in [0.3, 0.4) is 0 Å². The zero-order chi connectivity index (χ0) is 11.8. The van der Waals surface area contributed by atoms with Crippen molar-refractivity contribution in [1.29, 1.82) is 0 Å². The van der Waals surface area contributed by atoms with Gasteiger partial charge < -0.3 is 4.74 Å². The van der Waals surface area contributed by atoms with Crippen LogP contribution in [0.2, 0.25) is 0 Å². The van der Waals surface area contributed by atoms with Gasteiger partial charge in [0.05, 0.1) is 7.11 Å². The van der Waals surface area contributed by atoms with Crippen LogP contribution in [0.5, 0.6) is 0 Å². The molecule has 0 aromatic rings. The van der Waals surface area contributed by atoms with Gasteiger partial charge in [0.2, 0.25) is 0 Å². The van der Waals surface area contributed by atoms with Gasteiger partial charge in [-0.2, -0.15) is 0 Å². The SMILES string of the molecule is C=C/C(C)=C\C(=C)C(=C)/C=C\C(=C)OC. The molecule has 0 rings (SSSR count). The van der Waals surface area contributed by atoms with Gasteiger partial charge in [0, 0.05) is 0 Å². The molecule has 0 aliphatic carbocycles. The monoisotopic (exact) mass is 202 g/mol. The van der Waals surface area contributed by atoms with E-state index in [2.05, 4.69) is 26.3 Å². The molecule has 0 saturated heterocycles. The molecule has 1 nitrogen and oxygen atoms in total. The van der Waals surface area contributed by atoms with Gasteiger partial charge in [0.25, 0.3) is 0 Å². The lowest BCUT2D eigenvalue weighted by Crippen LogP contribution is -1.82. The molecule has 0 N–H and O–H groups in total. The minimum Gasteiger partial charge on any atom is -0.497 e. The fourth-order valence-electron chi connectivity index (χ4n) is 0.795. The molecule has 0 aliphatic heterocycles. The Hall–Kier alpha value is -1.76. The highest BCUT2D eigenvalue weighted by Gasteiger charge is 1.93. The van der Waals surface area contributed by atoms with Gasteiger partial charge in [-0.05, 0) is 24.1 Å². The molecule has 0 atom stereocenters. The normalized spacial score (nSPS) is 11.2. The van der Waals surface area contributed by atoms with Crippen LogP contribution in [-0.2, 0) is 4.74 Å². The van der Waals surface area contributed by atoms with E-state index < -0.39 is 0 Å². The molecule has 0 bridgehead atoms. The Balaban J connectivity index is 4.48. The molecule has 0 saturated carbocycles. The molecule has 80 valence electrons. The average Bonchev–Trinajstić information content (AvgIpc) is 2.24. The van der Waals surface area contributed by atoms with E-state index >= 15 is 0 Å². The Morgan fingerprint density at radius 3 is 2.13 bits per heavy atom. The van der Waals surface area contributed by atoms with Crippen LogP contribution in [-0.4, -0.2) is 7.11 Å². The Morgan fingerprint density at radius 2 is 1.67 bits per heavy atom. The van der Waals surface area contributed by atoms with Gasteiger partial charge in [-0.25, -0.2) is 0 Å². The van der Waals surface area contributed by atoms with E-state index in [9.17, 15) is 0 Å². The first kappa shape index (κ1) is 13.2. The van der Waals surface area contributed by atoms with Gasteiger partial charge in [-0.15, -0.1) is 0 Å². The lowest BCUT2D eigenvalue weighted by Gasteiger charge is -2.01. The van der Waals surface area contributed by atoms with E-state index in [-0.39, 0.29) is 0 Å². The maximum Gasteiger partial charge on any atom is 0.111 e. The predicted octanol–water partition coefficient (Wildman–Crippen LogP) is 3.95. The van der Waals surface area contributed by atoms with Crippen LogP contribution in [0.4, 0.5) is 0 Å². The van der Waals surface area contributed by atoms with Gasteiger partial charge in [0.15, 0.2) is 0 Å². The maximum atomic E-state index is 4.90. The first-order valence-electron chi connectivity index (χ1n) is 4.61. The number of ether oxygens (including phenoxy) is 1. The van der Waals surface area contributed by atoms with Crippen molar-refractivity contribution in [3.05, 3.63) is 73.1 Å². The molecule has 0 fully saturated rings. The second kappa shape index (κ2) is 6.66. The number of hydrogen-bond acceptors (Lipinski definition) is 1. The minimum absolute atomic E-state index is 0.591. The summed E-state index contributed by atoms with van der Waals surface area (Å²) in [6.07, 6.45) is 7.27. The Labute approximate surface area is 92.5 Å². The van der Waals surface area contributed by atoms with Crippen molar-refractivity contribution in [3.8, 4) is 0 Å². The van der Waals surface area contributed by atoms with E-state index in [1.165, 1.54) is 0 Å². The maximum absolute atomic E-state index is 4.90. The summed E-state index contributed by atoms with van der Waals surface area (Å²) in [6, 6.07) is 0. The van der Waals surface area contributed by atoms with E-state index in [0.29, 0.717) is 5.76 Å². The van der Waals surface area contributed by atoms with Crippen molar-refractivity contribution < 1.29 is 4.74 Å². The fourth-order valence-corrected chi connectivity index (χ4v) is 0.795. The summed E-state index contributed by atoms with van der Waals surface area (Å²) in [4.78, 5) is 0. The molecule has 0 radical (unpaired) electrons. The van der Waals surface area contributed by atoms with Crippen molar-refractivity contribution in [1.82, 2.24) is 0 Å². The summed E-state index contributed by atoms with van der Waals surface area (Å²) in [5.41, 5.74) is 2.74. The number of hydrogen-bond donors (Lipinski definition) is 0. The van der Waals surface area contributed by atoms with Crippen molar-refractivity contribution in [2.75, 3.05) is 7.11 Å². The molecule has 0 aromatic carbocycles. The van der Waals surface area contributed by atoms with Crippen molar-refractivity contribution in [2.45, 2.75) is 6.92 Å². The smallest absolute Gasteiger partial charge is 0.111 e. The van der Waals surface area contributed by atoms with E-state index in [0.717, 1.165) is 16.7 Å². The average molecular weight is 202 g/mol. The Bertz CT molecular complexity index is 340. The number of rotatable bonds is 6. The predicted molar refractivity (Wildman–Crippen MR) is 67.5 cm³/mol. The third-order valence-corrected chi connectivity index (χ3v) is 1.87. The number of methoxy groups -OCH3 is 1. The van der Waals surface area contributed by atoms with Crippen molar-refractivity contribution >= 4 is 0 Å². The lowest BCUT2D eigenvalue weighted by atomic mass is 10.1. The molecular weight excluding hydrogens is 184 g/mol. The summed E-state index contributed by atoms with van der Waals surface area (Å²) >= 11 is 0. The second-order valence-corrected chi connectivity index (χ2v) is 3.15. The third-order valence-electron chi connectivity index (χ3n) is 1.87. The van der Waals surface area contributed by atoms with Crippen molar-refractivity contribution in [3.63, 3.8) is 0 Å². The molecule has 0 aromatic heterocycles. The third kappa shape index (κ3) is 5.53. The highest BCUT2D eigenvalue weighted by molar-refractivity contribution is 5.45. The molecule has 0 heterocycles. The molecule has 15 heavy (non-hydrogen) atoms. The summed E-state index contributed by atoms with van der Waals surface area (Å²) < 4.78 is 4.90. The fraction of sp³-hybridized carbons (Fsp3) is 0.143. The van der Waals surface area contributed by atoms with Gasteiger partial charge >= 0.3 is 0 Å². The summed E-state index contributed by atoms with van der Waals surface area (Å²) in [5.74, 6) is 0.591. The van der Waals surface area contributed by atoms with Gasteiger partial charge in [0.1, 0.15) is 5.76 Å². The standard InChI is InChI=1S/C14H18O/c1-7-11(2)10-13(4)12(3)8-9-14(5)15-6/h7-10H,1,3-5H2,2,6H3/b9-8-,11-10-. The first-order valence-corrected chi connectivity index (χ1v) is 4.61. The molecular formula is C14H18O. The van der Waals surface area contributed by atoms with E-state index in [4.69, 9.17) is 4.74 Å². The van der Waals surface area contributed by atoms with Gasteiger partial charge in [-0.3, -0.25) is 0 Å². The lowest BCUT2D eigenvalue weighted by molar-refractivity contribution is 0.309. The Morgan fingerprint density at radius 1 is 1.07 bits per heavy atom. The topological polar surface area (TPSA) is 9.23 Å². The van der Waals surface area contributed by atoms with Crippen LogP contribution >= 0.6 is 0 Å². The molecule has 0 unspecified atom stereocenters. The quantitative estimate of drug-likeness (QED) is 0.468. The summed E-state index contributed by atoms with van der Waals surface area (Å²) in [5, 5.41) is 0. The van der Waals surface area contributed by atoms with Crippen molar-refractivity contribution in [2.24, 2.45) is 0 Å². The largest absolute Gasteiger partial charge is 0.497 e. The zero-order valence-corrected chi connectivity index (χ0v) is 9.55. The number of allylic oxidation sites excluding steroid dienone is 7. The Kier molecular flexibility index (Phi) is 5.88. The highest BCUT2D eigenvalue weighted by Crippen LogP contribution is 2.12. The molecule has 0 amide bonds. The second-order valence-electron chi connectivity index (χ2n) is 3.15. The first-order chi connectivity index (χ1) is 7.01. The van der Waals surface area contributed by atoms with E-state index in [1.807, 2.05) is 19.1 Å². The van der Waals surface area contributed by atoms with Crippen LogP contribution in [0.25, 0.3) is 0 Å². The molecule has 1 heteroatoms. The van der Waals surface area contributed by atoms with Crippen LogP contribution in [0, 0.1) is 0 Å². The summed E-state index contributed by atoms with van der Waals surface area (Å²) in [6.45, 7) is 17.1. The van der Waals surface area contributed by atoms with Crippen LogP contribution in [0.1, 0.15) is 6.92 Å². The van der Waals surface area contributed by atoms with Gasteiger partial charge in [-0.1, -0.05) is 50.1 Å². The molecule has 0 aliphatic rings. The highest BCUT2D eigenvalue weighted by atomic mass is 16.5. The minimum atomic E-state index is 0.591. The van der Waals surface area contributed by atoms with E-state index in [1.54, 1.807) is 19.3 Å².